The van der Waals surface area contributed by atoms with Crippen LogP contribution in [0.25, 0.3) is 0 Å². The molecule has 0 aliphatic heterocycles. The SMILES string of the molecule is CC(C)CNC(=O)[C@@H](Cc1ccccc1)N(Cc1ccccc1Cl)C(=O)CCc1ccccc1Cl. The van der Waals surface area contributed by atoms with Gasteiger partial charge in [0, 0.05) is 36.0 Å². The topological polar surface area (TPSA) is 49.4 Å². The van der Waals surface area contributed by atoms with Crippen molar-refractivity contribution in [3.05, 3.63) is 106 Å². The van der Waals surface area contributed by atoms with Crippen molar-refractivity contribution >= 4 is 35.0 Å². The summed E-state index contributed by atoms with van der Waals surface area (Å²) >= 11 is 12.8. The summed E-state index contributed by atoms with van der Waals surface area (Å²) in [6.45, 7) is 4.87. The molecule has 0 radical (unpaired) electrons. The molecule has 0 aliphatic rings. The minimum atomic E-state index is -0.675. The normalized spacial score (nSPS) is 11.8. The number of aryl methyl sites for hydroxylation is 1. The smallest absolute Gasteiger partial charge is 0.243 e. The highest BCUT2D eigenvalue weighted by Gasteiger charge is 2.30. The molecule has 35 heavy (non-hydrogen) atoms. The first-order valence-corrected chi connectivity index (χ1v) is 12.7. The van der Waals surface area contributed by atoms with E-state index < -0.39 is 6.04 Å². The van der Waals surface area contributed by atoms with Gasteiger partial charge in [-0.3, -0.25) is 9.59 Å². The molecule has 3 rings (SSSR count). The molecule has 0 aliphatic carbocycles. The van der Waals surface area contributed by atoms with E-state index in [1.807, 2.05) is 86.6 Å². The molecule has 0 heterocycles. The molecule has 6 heteroatoms. The molecule has 0 unspecified atom stereocenters. The van der Waals surface area contributed by atoms with Crippen LogP contribution in [-0.2, 0) is 29.0 Å². The molecule has 4 nitrogen and oxygen atoms in total. The van der Waals surface area contributed by atoms with Crippen LogP contribution in [0.3, 0.4) is 0 Å². The van der Waals surface area contributed by atoms with Gasteiger partial charge >= 0.3 is 0 Å². The molecule has 0 spiro atoms. The van der Waals surface area contributed by atoms with Crippen molar-refractivity contribution in [3.8, 4) is 0 Å². The Morgan fingerprint density at radius 3 is 2.00 bits per heavy atom. The summed E-state index contributed by atoms with van der Waals surface area (Å²) < 4.78 is 0. The summed E-state index contributed by atoms with van der Waals surface area (Å²) in [6.07, 6.45) is 1.13. The predicted octanol–water partition coefficient (Wildman–Crippen LogP) is 6.34. The molecular weight excluding hydrogens is 479 g/mol. The first-order chi connectivity index (χ1) is 16.8. The van der Waals surface area contributed by atoms with Crippen molar-refractivity contribution in [2.75, 3.05) is 6.54 Å². The van der Waals surface area contributed by atoms with Crippen LogP contribution in [0.5, 0.6) is 0 Å². The monoisotopic (exact) mass is 510 g/mol. The quantitative estimate of drug-likeness (QED) is 0.327. The molecule has 1 atom stereocenters. The van der Waals surface area contributed by atoms with Gasteiger partial charge in [-0.1, -0.05) is 104 Å². The third-order valence-electron chi connectivity index (χ3n) is 5.82. The average Bonchev–Trinajstić information content (AvgIpc) is 2.85. The van der Waals surface area contributed by atoms with Gasteiger partial charge in [0.05, 0.1) is 0 Å². The van der Waals surface area contributed by atoms with Crippen LogP contribution in [0.15, 0.2) is 78.9 Å². The summed E-state index contributed by atoms with van der Waals surface area (Å²) in [5.41, 5.74) is 2.69. The van der Waals surface area contributed by atoms with E-state index in [9.17, 15) is 9.59 Å². The highest BCUT2D eigenvalue weighted by atomic mass is 35.5. The first kappa shape index (κ1) is 26.8. The van der Waals surface area contributed by atoms with Crippen molar-refractivity contribution in [2.24, 2.45) is 5.92 Å². The number of rotatable bonds is 11. The van der Waals surface area contributed by atoms with Gasteiger partial charge in [0.15, 0.2) is 0 Å². The fourth-order valence-electron chi connectivity index (χ4n) is 3.87. The van der Waals surface area contributed by atoms with E-state index in [2.05, 4.69) is 5.32 Å². The van der Waals surface area contributed by atoms with Crippen molar-refractivity contribution in [3.63, 3.8) is 0 Å². The molecule has 0 aromatic heterocycles. The van der Waals surface area contributed by atoms with Crippen molar-refractivity contribution in [1.29, 1.82) is 0 Å². The van der Waals surface area contributed by atoms with E-state index in [-0.39, 0.29) is 24.8 Å². The lowest BCUT2D eigenvalue weighted by Gasteiger charge is -2.32. The van der Waals surface area contributed by atoms with Gasteiger partial charge in [-0.25, -0.2) is 0 Å². The lowest BCUT2D eigenvalue weighted by Crippen LogP contribution is -2.51. The van der Waals surface area contributed by atoms with Gasteiger partial charge in [-0.2, -0.15) is 0 Å². The second-order valence-corrected chi connectivity index (χ2v) is 9.86. The van der Waals surface area contributed by atoms with E-state index in [4.69, 9.17) is 23.2 Å². The number of carbonyl (C=O) groups excluding carboxylic acids is 2. The Balaban J connectivity index is 1.92. The minimum Gasteiger partial charge on any atom is -0.354 e. The van der Waals surface area contributed by atoms with Crippen molar-refractivity contribution < 1.29 is 9.59 Å². The Morgan fingerprint density at radius 1 is 0.829 bits per heavy atom. The zero-order chi connectivity index (χ0) is 25.2. The fraction of sp³-hybridized carbons (Fsp3) is 0.310. The molecule has 0 fully saturated rings. The molecule has 0 saturated heterocycles. The number of benzene rings is 3. The summed E-state index contributed by atoms with van der Waals surface area (Å²) in [4.78, 5) is 28.8. The maximum Gasteiger partial charge on any atom is 0.243 e. The summed E-state index contributed by atoms with van der Waals surface area (Å²) in [5.74, 6) is 0.00966. The number of nitrogens with one attached hydrogen (secondary N) is 1. The van der Waals surface area contributed by atoms with E-state index in [0.29, 0.717) is 35.3 Å². The molecular formula is C29H32Cl2N2O2. The second kappa shape index (κ2) is 13.3. The maximum absolute atomic E-state index is 13.7. The van der Waals surface area contributed by atoms with E-state index in [0.717, 1.165) is 16.7 Å². The van der Waals surface area contributed by atoms with Crippen LogP contribution >= 0.6 is 23.2 Å². The van der Waals surface area contributed by atoms with Gasteiger partial charge in [-0.15, -0.1) is 0 Å². The Morgan fingerprint density at radius 2 is 1.40 bits per heavy atom. The lowest BCUT2D eigenvalue weighted by molar-refractivity contribution is -0.141. The van der Waals surface area contributed by atoms with Crippen LogP contribution in [0.2, 0.25) is 10.0 Å². The van der Waals surface area contributed by atoms with Gasteiger partial charge in [-0.05, 0) is 41.2 Å². The van der Waals surface area contributed by atoms with E-state index >= 15 is 0 Å². The standard InChI is InChI=1S/C29H32Cl2N2O2/c1-21(2)19-32-29(35)27(18-22-10-4-3-5-11-22)33(20-24-13-7-9-15-26(24)31)28(34)17-16-23-12-6-8-14-25(23)30/h3-15,21,27H,16-20H2,1-2H3,(H,32,35)/t27-/m1/s1. The number of carbonyl (C=O) groups is 2. The largest absolute Gasteiger partial charge is 0.354 e. The van der Waals surface area contributed by atoms with Gasteiger partial charge in [0.25, 0.3) is 0 Å². The second-order valence-electron chi connectivity index (χ2n) is 9.05. The van der Waals surface area contributed by atoms with Crippen molar-refractivity contribution in [1.82, 2.24) is 10.2 Å². The average molecular weight is 511 g/mol. The van der Waals surface area contributed by atoms with Crippen LogP contribution < -0.4 is 5.32 Å². The Bertz CT molecular complexity index is 1120. The fourth-order valence-corrected chi connectivity index (χ4v) is 4.30. The van der Waals surface area contributed by atoms with Gasteiger partial charge in [0.1, 0.15) is 6.04 Å². The van der Waals surface area contributed by atoms with E-state index in [1.165, 1.54) is 0 Å². The first-order valence-electron chi connectivity index (χ1n) is 11.9. The van der Waals surface area contributed by atoms with E-state index in [1.54, 1.807) is 11.0 Å². The summed E-state index contributed by atoms with van der Waals surface area (Å²) in [6, 6.07) is 24.0. The maximum atomic E-state index is 13.7. The Labute approximate surface area is 218 Å². The summed E-state index contributed by atoms with van der Waals surface area (Å²) in [5, 5.41) is 4.23. The van der Waals surface area contributed by atoms with Crippen LogP contribution in [0.1, 0.15) is 37.0 Å². The summed E-state index contributed by atoms with van der Waals surface area (Å²) in [7, 11) is 0. The highest BCUT2D eigenvalue weighted by Crippen LogP contribution is 2.23. The number of hydrogen-bond acceptors (Lipinski definition) is 2. The molecule has 3 aromatic carbocycles. The number of hydrogen-bond donors (Lipinski definition) is 1. The van der Waals surface area contributed by atoms with Gasteiger partial charge < -0.3 is 10.2 Å². The van der Waals surface area contributed by atoms with Crippen LogP contribution in [-0.4, -0.2) is 29.3 Å². The number of amides is 2. The molecule has 0 saturated carbocycles. The molecule has 3 aromatic rings. The molecule has 2 amide bonds. The molecule has 184 valence electrons. The van der Waals surface area contributed by atoms with Crippen molar-refractivity contribution in [2.45, 2.75) is 45.7 Å². The van der Waals surface area contributed by atoms with Crippen LogP contribution in [0, 0.1) is 5.92 Å². The zero-order valence-electron chi connectivity index (χ0n) is 20.2. The van der Waals surface area contributed by atoms with Gasteiger partial charge in [0.2, 0.25) is 11.8 Å². The molecule has 0 bridgehead atoms. The number of halogens is 2. The third kappa shape index (κ3) is 8.12. The minimum absolute atomic E-state index is 0.120. The van der Waals surface area contributed by atoms with Crippen LogP contribution in [0.4, 0.5) is 0 Å². The predicted molar refractivity (Wildman–Crippen MR) is 144 cm³/mol. The Hall–Kier alpha value is -2.82. The highest BCUT2D eigenvalue weighted by molar-refractivity contribution is 6.31. The number of nitrogens with zero attached hydrogens (tertiary/aromatic N) is 1. The molecule has 1 N–H and O–H groups in total. The Kier molecular flexibility index (Phi) is 10.2. The zero-order valence-corrected chi connectivity index (χ0v) is 21.7. The lowest BCUT2D eigenvalue weighted by atomic mass is 10.0. The third-order valence-corrected chi connectivity index (χ3v) is 6.56.